The second-order valence-electron chi connectivity index (χ2n) is 16.7. The van der Waals surface area contributed by atoms with Crippen LogP contribution < -0.4 is 16.9 Å². The molecule has 2 N–H and O–H groups in total. The Bertz CT molecular complexity index is 2050. The monoisotopic (exact) mass is 696 g/mol. The highest BCUT2D eigenvalue weighted by Gasteiger charge is 2.38. The number of amides is 1. The third kappa shape index (κ3) is 7.05. The predicted molar refractivity (Wildman–Crippen MR) is 204 cm³/mol. The number of carbonyl (C=O) groups excluding carboxylic acids is 1. The lowest BCUT2D eigenvalue weighted by Crippen LogP contribution is -2.40. The van der Waals surface area contributed by atoms with Crippen molar-refractivity contribution in [1.29, 1.82) is 0 Å². The molecule has 50 heavy (non-hydrogen) atoms. The fourth-order valence-electron chi connectivity index (χ4n) is 6.63. The number of nitrogen functional groups attached to an aromatic ring is 1. The number of benzene rings is 2. The van der Waals surface area contributed by atoms with Gasteiger partial charge in [0, 0.05) is 54.5 Å². The zero-order valence-corrected chi connectivity index (χ0v) is 32.1. The lowest BCUT2D eigenvalue weighted by atomic mass is 9.96. The minimum absolute atomic E-state index is 0.0393. The number of aromatic nitrogens is 2. The molecule has 2 aliphatic rings. The van der Waals surface area contributed by atoms with E-state index in [0.717, 1.165) is 33.5 Å². The Morgan fingerprint density at radius 2 is 1.66 bits per heavy atom. The van der Waals surface area contributed by atoms with Crippen LogP contribution in [0, 0.1) is 0 Å². The van der Waals surface area contributed by atoms with Gasteiger partial charge in [0.25, 0.3) is 11.1 Å². The Labute approximate surface area is 296 Å². The van der Waals surface area contributed by atoms with Crippen LogP contribution in [0.2, 0.25) is 18.1 Å². The van der Waals surface area contributed by atoms with E-state index in [9.17, 15) is 14.4 Å². The van der Waals surface area contributed by atoms with Crippen molar-refractivity contribution in [2.45, 2.75) is 103 Å². The molecule has 6 rings (SSSR count). The maximum Gasteiger partial charge on any atom is 0.410 e. The number of carbonyl (C=O) groups is 1. The van der Waals surface area contributed by atoms with Crippen molar-refractivity contribution in [2.24, 2.45) is 7.05 Å². The second-order valence-corrected chi connectivity index (χ2v) is 21.5. The Kier molecular flexibility index (Phi) is 9.18. The van der Waals surface area contributed by atoms with Gasteiger partial charge in [0.1, 0.15) is 5.60 Å². The number of ether oxygens (including phenoxy) is 1. The van der Waals surface area contributed by atoms with E-state index in [2.05, 4.69) is 52.1 Å². The van der Waals surface area contributed by atoms with Crippen molar-refractivity contribution in [1.82, 2.24) is 14.0 Å². The van der Waals surface area contributed by atoms with E-state index in [0.29, 0.717) is 30.8 Å². The third-order valence-electron chi connectivity index (χ3n) is 10.7. The van der Waals surface area contributed by atoms with E-state index >= 15 is 0 Å². The van der Waals surface area contributed by atoms with E-state index in [1.165, 1.54) is 23.0 Å². The second kappa shape index (κ2) is 12.9. The topological polar surface area (TPSA) is 109 Å². The Morgan fingerprint density at radius 1 is 0.940 bits per heavy atom. The van der Waals surface area contributed by atoms with Gasteiger partial charge in [0.15, 0.2) is 8.32 Å². The molecule has 0 spiro atoms. The van der Waals surface area contributed by atoms with E-state index in [1.807, 2.05) is 49.6 Å². The smallest absolute Gasteiger partial charge is 0.410 e. The summed E-state index contributed by atoms with van der Waals surface area (Å²) in [4.78, 5) is 42.4. The molecule has 0 radical (unpaired) electrons. The Hall–Kier alpha value is -4.15. The van der Waals surface area contributed by atoms with E-state index in [-0.39, 0.29) is 40.5 Å². The molecule has 2 fully saturated rings. The van der Waals surface area contributed by atoms with Crippen LogP contribution in [0.5, 0.6) is 0 Å². The van der Waals surface area contributed by atoms with Gasteiger partial charge in [-0.2, -0.15) is 0 Å². The van der Waals surface area contributed by atoms with E-state index in [1.54, 1.807) is 24.2 Å². The van der Waals surface area contributed by atoms with Crippen molar-refractivity contribution in [3.63, 3.8) is 0 Å². The molecule has 1 aliphatic carbocycles. The van der Waals surface area contributed by atoms with Gasteiger partial charge >= 0.3 is 6.09 Å². The summed E-state index contributed by atoms with van der Waals surface area (Å²) in [6, 6.07) is 16.0. The maximum atomic E-state index is 14.9. The molecule has 1 amide bonds. The van der Waals surface area contributed by atoms with Gasteiger partial charge in [-0.25, -0.2) is 4.79 Å². The molecule has 9 nitrogen and oxygen atoms in total. The van der Waals surface area contributed by atoms with Crippen molar-refractivity contribution in [3.8, 4) is 16.8 Å². The number of rotatable bonds is 7. The highest BCUT2D eigenvalue weighted by molar-refractivity contribution is 6.74. The number of anilines is 1. The fraction of sp³-hybridized carbons (Fsp3) is 0.475. The summed E-state index contributed by atoms with van der Waals surface area (Å²) in [6.07, 6.45) is 4.47. The lowest BCUT2D eigenvalue weighted by Gasteiger charge is -2.36. The molecule has 2 aromatic heterocycles. The average molecular weight is 697 g/mol. The maximum absolute atomic E-state index is 14.9. The summed E-state index contributed by atoms with van der Waals surface area (Å²) in [6.45, 7) is 17.9. The fourth-order valence-corrected chi connectivity index (χ4v) is 7.57. The van der Waals surface area contributed by atoms with Gasteiger partial charge in [-0.3, -0.25) is 14.2 Å². The van der Waals surface area contributed by atoms with Gasteiger partial charge in [-0.15, -0.1) is 0 Å². The quantitative estimate of drug-likeness (QED) is 0.196. The van der Waals surface area contributed by atoms with Gasteiger partial charge < -0.3 is 24.4 Å². The first-order valence-corrected chi connectivity index (χ1v) is 20.7. The van der Waals surface area contributed by atoms with Crippen LogP contribution in [0.15, 0.2) is 64.3 Å². The van der Waals surface area contributed by atoms with Crippen molar-refractivity contribution in [2.75, 3.05) is 18.8 Å². The van der Waals surface area contributed by atoms with Crippen LogP contribution in [0.25, 0.3) is 27.6 Å². The molecule has 1 unspecified atom stereocenters. The zero-order chi connectivity index (χ0) is 36.3. The number of hydrogen-bond donors (Lipinski definition) is 1. The Morgan fingerprint density at radius 3 is 2.30 bits per heavy atom. The van der Waals surface area contributed by atoms with Gasteiger partial charge in [-0.1, -0.05) is 45.0 Å². The first-order chi connectivity index (χ1) is 23.3. The van der Waals surface area contributed by atoms with Crippen LogP contribution in [-0.2, 0) is 22.8 Å². The van der Waals surface area contributed by atoms with Gasteiger partial charge in [-0.05, 0) is 105 Å². The standard InChI is InChI=1S/C40H52N4O5Si/c1-39(2,3)49-38(47)43-18-17-27(23-43)35-21-28-19-26(25-13-14-25)15-16-31(28)36(45)44(35)34-12-10-11-30(29-20-33(41)37(46)42(7)22-29)32(34)24-48-50(8,9)40(4,5)6/h10-12,15-16,19-22,25,27H,13-14,17-18,23-24,41H2,1-9H3. The van der Waals surface area contributed by atoms with Crippen molar-refractivity contribution in [3.05, 3.63) is 92.3 Å². The largest absolute Gasteiger partial charge is 0.444 e. The van der Waals surface area contributed by atoms with Gasteiger partial charge in [0.2, 0.25) is 0 Å². The molecule has 1 saturated carbocycles. The van der Waals surface area contributed by atoms with Gasteiger partial charge in [0.05, 0.1) is 18.0 Å². The first-order valence-electron chi connectivity index (χ1n) is 17.7. The first kappa shape index (κ1) is 35.7. The van der Waals surface area contributed by atoms with Crippen LogP contribution in [-0.4, -0.2) is 47.1 Å². The highest BCUT2D eigenvalue weighted by atomic mass is 28.4. The molecule has 1 saturated heterocycles. The normalized spacial score (nSPS) is 17.1. The summed E-state index contributed by atoms with van der Waals surface area (Å²) in [7, 11) is -0.550. The zero-order valence-electron chi connectivity index (χ0n) is 31.1. The Balaban J connectivity index is 1.57. The summed E-state index contributed by atoms with van der Waals surface area (Å²) in [5.74, 6) is 0.444. The number of likely N-dealkylation sites (tertiary alicyclic amines) is 1. The average Bonchev–Trinajstić information content (AvgIpc) is 3.76. The van der Waals surface area contributed by atoms with Crippen LogP contribution >= 0.6 is 0 Å². The minimum atomic E-state index is -2.24. The summed E-state index contributed by atoms with van der Waals surface area (Å²) >= 11 is 0. The molecular weight excluding hydrogens is 645 g/mol. The number of hydrogen-bond acceptors (Lipinski definition) is 6. The van der Waals surface area contributed by atoms with Crippen molar-refractivity contribution >= 4 is 30.9 Å². The minimum Gasteiger partial charge on any atom is -0.444 e. The van der Waals surface area contributed by atoms with E-state index in [4.69, 9.17) is 14.9 Å². The SMILES string of the molecule is Cn1cc(-c2cccc(-n3c(C4CCN(C(=O)OC(C)(C)C)C4)cc4cc(C5CC5)ccc4c3=O)c2CO[Si](C)(C)C(C)(C)C)cc(N)c1=O. The van der Waals surface area contributed by atoms with E-state index < -0.39 is 13.9 Å². The lowest BCUT2D eigenvalue weighted by molar-refractivity contribution is 0.0292. The number of nitrogens with two attached hydrogens (primary N) is 1. The molecule has 10 heteroatoms. The molecule has 1 atom stereocenters. The third-order valence-corrected chi connectivity index (χ3v) is 15.2. The van der Waals surface area contributed by atoms with Crippen LogP contribution in [0.1, 0.15) is 89.5 Å². The molecule has 3 heterocycles. The highest BCUT2D eigenvalue weighted by Crippen LogP contribution is 2.42. The summed E-state index contributed by atoms with van der Waals surface area (Å²) in [5.41, 5.74) is 10.7. The number of aryl methyl sites for hydroxylation is 1. The molecule has 266 valence electrons. The number of pyridine rings is 2. The number of fused-ring (bicyclic) bond motifs is 1. The summed E-state index contributed by atoms with van der Waals surface area (Å²) in [5, 5.41) is 1.53. The predicted octanol–water partition coefficient (Wildman–Crippen LogP) is 8.06. The van der Waals surface area contributed by atoms with Crippen molar-refractivity contribution < 1.29 is 14.0 Å². The van der Waals surface area contributed by atoms with Crippen LogP contribution in [0.3, 0.4) is 0 Å². The molecular formula is C40H52N4O5Si. The molecule has 4 aromatic rings. The molecule has 2 aromatic carbocycles. The molecule has 0 bridgehead atoms. The molecule has 1 aliphatic heterocycles. The van der Waals surface area contributed by atoms with Crippen LogP contribution in [0.4, 0.5) is 10.5 Å². The summed E-state index contributed by atoms with van der Waals surface area (Å²) < 4.78 is 16.0. The number of nitrogens with zero attached hydrogens (tertiary/aromatic N) is 3.